The van der Waals surface area contributed by atoms with Crippen LogP contribution in [0.2, 0.25) is 0 Å². The van der Waals surface area contributed by atoms with Crippen molar-refractivity contribution in [3.05, 3.63) is 39.6 Å². The molecule has 0 saturated carbocycles. The largest absolute Gasteiger partial charge is 0.433 e. The minimum absolute atomic E-state index is 0.114. The maximum Gasteiger partial charge on any atom is 0.433 e. The lowest BCUT2D eigenvalue weighted by atomic mass is 10.3. The van der Waals surface area contributed by atoms with Gasteiger partial charge in [0.15, 0.2) is 0 Å². The zero-order valence-corrected chi connectivity index (χ0v) is 11.3. The van der Waals surface area contributed by atoms with Crippen LogP contribution in [-0.4, -0.2) is 31.1 Å². The number of aromatic amines is 2. The summed E-state index contributed by atoms with van der Waals surface area (Å²) in [5, 5.41) is 7.98. The zero-order chi connectivity index (χ0) is 16.3. The molecule has 0 aliphatic rings. The number of aromatic nitrogens is 5. The van der Waals surface area contributed by atoms with E-state index in [2.05, 4.69) is 30.5 Å². The van der Waals surface area contributed by atoms with Gasteiger partial charge in [-0.15, -0.1) is 0 Å². The van der Waals surface area contributed by atoms with E-state index in [0.29, 0.717) is 0 Å². The van der Waals surface area contributed by atoms with Crippen LogP contribution in [0, 0.1) is 6.92 Å². The van der Waals surface area contributed by atoms with Gasteiger partial charge in [0.2, 0.25) is 5.91 Å². The first-order chi connectivity index (χ1) is 10.2. The number of amides is 1. The third-order valence-corrected chi connectivity index (χ3v) is 2.51. The Hall–Kier alpha value is -2.72. The Balaban J connectivity index is 2.00. The van der Waals surface area contributed by atoms with Gasteiger partial charge in [0.1, 0.15) is 17.3 Å². The highest BCUT2D eigenvalue weighted by Gasteiger charge is 2.33. The molecule has 0 aliphatic carbocycles. The van der Waals surface area contributed by atoms with E-state index in [1.807, 2.05) is 0 Å². The summed E-state index contributed by atoms with van der Waals surface area (Å²) >= 11 is 0. The van der Waals surface area contributed by atoms with Gasteiger partial charge >= 0.3 is 11.9 Å². The molecule has 0 aliphatic heterocycles. The average molecular weight is 316 g/mol. The molecule has 2 aromatic heterocycles. The number of carbonyl (C=O) groups excluding carboxylic acids is 1. The molecule has 0 radical (unpaired) electrons. The molecule has 0 fully saturated rings. The van der Waals surface area contributed by atoms with E-state index in [-0.39, 0.29) is 30.3 Å². The monoisotopic (exact) mass is 316 g/mol. The van der Waals surface area contributed by atoms with E-state index < -0.39 is 23.5 Å². The molecule has 2 heterocycles. The first-order valence-corrected chi connectivity index (χ1v) is 6.06. The van der Waals surface area contributed by atoms with E-state index in [4.69, 9.17) is 0 Å². The second-order valence-electron chi connectivity index (χ2n) is 4.39. The predicted molar refractivity (Wildman–Crippen MR) is 66.5 cm³/mol. The maximum absolute atomic E-state index is 12.6. The molecule has 118 valence electrons. The summed E-state index contributed by atoms with van der Waals surface area (Å²) in [6.45, 7) is 1.13. The number of nitrogens with zero attached hydrogens (tertiary/aromatic N) is 3. The van der Waals surface area contributed by atoms with Gasteiger partial charge in [0.05, 0.1) is 13.0 Å². The van der Waals surface area contributed by atoms with Crippen LogP contribution in [0.1, 0.15) is 23.0 Å². The summed E-state index contributed by atoms with van der Waals surface area (Å²) < 4.78 is 37.8. The number of nitrogens with one attached hydrogen (secondary N) is 3. The Labute approximate surface area is 121 Å². The second kappa shape index (κ2) is 5.95. The number of carbonyl (C=O) groups is 1. The van der Waals surface area contributed by atoms with Crippen molar-refractivity contribution in [3.8, 4) is 0 Å². The summed E-state index contributed by atoms with van der Waals surface area (Å²) in [6.07, 6.45) is -4.81. The van der Waals surface area contributed by atoms with Crippen LogP contribution < -0.4 is 11.0 Å². The Morgan fingerprint density at radius 2 is 2.09 bits per heavy atom. The number of aryl methyl sites for hydroxylation is 1. The van der Waals surface area contributed by atoms with Gasteiger partial charge in [0, 0.05) is 5.69 Å². The van der Waals surface area contributed by atoms with E-state index >= 15 is 0 Å². The van der Waals surface area contributed by atoms with Crippen molar-refractivity contribution in [1.82, 2.24) is 30.5 Å². The van der Waals surface area contributed by atoms with E-state index in [0.717, 1.165) is 6.07 Å². The van der Waals surface area contributed by atoms with E-state index in [9.17, 15) is 22.8 Å². The van der Waals surface area contributed by atoms with Gasteiger partial charge in [-0.05, 0) is 13.0 Å². The molecule has 0 spiro atoms. The van der Waals surface area contributed by atoms with Crippen molar-refractivity contribution in [2.75, 3.05) is 0 Å². The van der Waals surface area contributed by atoms with Crippen LogP contribution in [0.4, 0.5) is 13.2 Å². The van der Waals surface area contributed by atoms with Crippen molar-refractivity contribution in [1.29, 1.82) is 0 Å². The molecule has 0 bridgehead atoms. The average Bonchev–Trinajstić information content (AvgIpc) is 2.80. The summed E-state index contributed by atoms with van der Waals surface area (Å²) in [5.74, 6) is -0.582. The highest BCUT2D eigenvalue weighted by molar-refractivity contribution is 5.77. The van der Waals surface area contributed by atoms with Crippen LogP contribution in [0.5, 0.6) is 0 Å². The molecule has 2 aromatic rings. The molecule has 8 nitrogen and oxygen atoms in total. The molecule has 0 unspecified atom stereocenters. The van der Waals surface area contributed by atoms with Gasteiger partial charge in [0.25, 0.3) is 0 Å². The molecule has 3 N–H and O–H groups in total. The topological polar surface area (TPSA) is 116 Å². The normalized spacial score (nSPS) is 11.5. The fourth-order valence-electron chi connectivity index (χ4n) is 1.64. The smallest absolute Gasteiger partial charge is 0.348 e. The van der Waals surface area contributed by atoms with Crippen molar-refractivity contribution >= 4 is 5.91 Å². The maximum atomic E-state index is 12.6. The lowest BCUT2D eigenvalue weighted by molar-refractivity contribution is -0.141. The molecule has 0 saturated heterocycles. The number of rotatable bonds is 4. The van der Waals surface area contributed by atoms with Crippen LogP contribution in [0.25, 0.3) is 0 Å². The van der Waals surface area contributed by atoms with Crippen LogP contribution in [0.15, 0.2) is 10.9 Å². The molecule has 0 aromatic carbocycles. The van der Waals surface area contributed by atoms with Gasteiger partial charge in [-0.25, -0.2) is 19.9 Å². The van der Waals surface area contributed by atoms with E-state index in [1.165, 1.54) is 6.92 Å². The zero-order valence-electron chi connectivity index (χ0n) is 11.3. The quantitative estimate of drug-likeness (QED) is 0.738. The Bertz CT molecular complexity index is 736. The van der Waals surface area contributed by atoms with Crippen molar-refractivity contribution in [2.45, 2.75) is 26.1 Å². The highest BCUT2D eigenvalue weighted by Crippen LogP contribution is 2.27. The number of hydrogen-bond acceptors (Lipinski definition) is 5. The number of H-pyrrole nitrogens is 2. The van der Waals surface area contributed by atoms with Crippen LogP contribution in [0.3, 0.4) is 0 Å². The molecule has 2 rings (SSSR count). The minimum Gasteiger partial charge on any atom is -0.348 e. The summed E-state index contributed by atoms with van der Waals surface area (Å²) in [4.78, 5) is 31.8. The van der Waals surface area contributed by atoms with E-state index in [1.54, 1.807) is 0 Å². The summed E-state index contributed by atoms with van der Waals surface area (Å²) in [6, 6.07) is 0.819. The molecule has 22 heavy (non-hydrogen) atoms. The predicted octanol–water partition coefficient (Wildman–Crippen LogP) is 0.0741. The minimum atomic E-state index is -4.58. The number of alkyl halides is 3. The van der Waals surface area contributed by atoms with Crippen molar-refractivity contribution in [3.63, 3.8) is 0 Å². The third kappa shape index (κ3) is 4.14. The van der Waals surface area contributed by atoms with Crippen LogP contribution in [-0.2, 0) is 23.9 Å². The Morgan fingerprint density at radius 3 is 2.68 bits per heavy atom. The SMILES string of the molecule is Cc1cc(C(F)(F)F)nc(CNC(=O)Cc2n[nH]c(=O)[nH]2)n1. The number of halogens is 3. The standard InChI is InChI=1S/C11H11F3N6O2/c1-5-2-6(11(12,13)14)17-8(16-5)4-15-9(21)3-7-18-10(22)20-19-7/h2H,3-4H2,1H3,(H,15,21)(H2,18,19,20,22). The Kier molecular flexibility index (Phi) is 4.24. The van der Waals surface area contributed by atoms with Gasteiger partial charge in [-0.2, -0.15) is 18.3 Å². The fourth-order valence-corrected chi connectivity index (χ4v) is 1.64. The van der Waals surface area contributed by atoms with Gasteiger partial charge in [-0.1, -0.05) is 0 Å². The summed E-state index contributed by atoms with van der Waals surface area (Å²) in [5.41, 5.74) is -1.48. The first kappa shape index (κ1) is 15.7. The van der Waals surface area contributed by atoms with Crippen molar-refractivity contribution < 1.29 is 18.0 Å². The van der Waals surface area contributed by atoms with Gasteiger partial charge < -0.3 is 5.32 Å². The molecule has 1 amide bonds. The van der Waals surface area contributed by atoms with Crippen LogP contribution >= 0.6 is 0 Å². The van der Waals surface area contributed by atoms with Gasteiger partial charge in [-0.3, -0.25) is 9.78 Å². The van der Waals surface area contributed by atoms with Crippen molar-refractivity contribution in [2.24, 2.45) is 0 Å². The lowest BCUT2D eigenvalue weighted by Gasteiger charge is -2.09. The molecular formula is C11H11F3N6O2. The molecule has 0 atom stereocenters. The highest BCUT2D eigenvalue weighted by atomic mass is 19.4. The summed E-state index contributed by atoms with van der Waals surface area (Å²) in [7, 11) is 0. The molecular weight excluding hydrogens is 305 g/mol. The second-order valence-corrected chi connectivity index (χ2v) is 4.39. The first-order valence-electron chi connectivity index (χ1n) is 6.06. The number of hydrogen-bond donors (Lipinski definition) is 3. The fraction of sp³-hybridized carbons (Fsp3) is 0.364. The third-order valence-electron chi connectivity index (χ3n) is 2.51. The molecule has 11 heteroatoms. The lowest BCUT2D eigenvalue weighted by Crippen LogP contribution is -2.27. The Morgan fingerprint density at radius 1 is 1.36 bits per heavy atom.